The molecule has 0 spiro atoms. The van der Waals surface area contributed by atoms with Gasteiger partial charge in [-0.15, -0.1) is 0 Å². The Morgan fingerprint density at radius 1 is 1.21 bits per heavy atom. The third-order valence-electron chi connectivity index (χ3n) is 3.58. The molecule has 1 aliphatic heterocycles. The molecular formula is C16H12ClF3N2O2. The van der Waals surface area contributed by atoms with Gasteiger partial charge >= 0.3 is 6.18 Å². The highest BCUT2D eigenvalue weighted by atomic mass is 35.5. The lowest BCUT2D eigenvalue weighted by molar-refractivity contribution is -0.140. The van der Waals surface area contributed by atoms with Gasteiger partial charge in [-0.3, -0.25) is 4.79 Å². The van der Waals surface area contributed by atoms with Crippen molar-refractivity contribution in [1.82, 2.24) is 9.88 Å². The first kappa shape index (κ1) is 16.6. The first-order valence-corrected chi connectivity index (χ1v) is 7.46. The van der Waals surface area contributed by atoms with Gasteiger partial charge in [0.1, 0.15) is 11.7 Å². The van der Waals surface area contributed by atoms with Crippen LogP contribution in [0, 0.1) is 0 Å². The van der Waals surface area contributed by atoms with Gasteiger partial charge in [0.25, 0.3) is 5.91 Å². The highest BCUT2D eigenvalue weighted by Crippen LogP contribution is 2.35. The average Bonchev–Trinajstić information content (AvgIpc) is 2.50. The predicted molar refractivity (Wildman–Crippen MR) is 81.0 cm³/mol. The second-order valence-corrected chi connectivity index (χ2v) is 5.75. The molecule has 1 saturated heterocycles. The molecule has 126 valence electrons. The van der Waals surface area contributed by atoms with E-state index in [0.717, 1.165) is 6.07 Å². The van der Waals surface area contributed by atoms with E-state index in [9.17, 15) is 18.0 Å². The van der Waals surface area contributed by atoms with Crippen LogP contribution in [0.1, 0.15) is 15.9 Å². The highest BCUT2D eigenvalue weighted by molar-refractivity contribution is 6.30. The van der Waals surface area contributed by atoms with Crippen LogP contribution in [-0.4, -0.2) is 35.0 Å². The Bertz CT molecular complexity index is 744. The van der Waals surface area contributed by atoms with Gasteiger partial charge < -0.3 is 9.64 Å². The summed E-state index contributed by atoms with van der Waals surface area (Å²) in [6, 6.07) is 8.52. The van der Waals surface area contributed by atoms with E-state index in [2.05, 4.69) is 4.98 Å². The summed E-state index contributed by atoms with van der Waals surface area (Å²) in [6.45, 7) is 0.407. The van der Waals surface area contributed by atoms with E-state index in [0.29, 0.717) is 10.6 Å². The lowest BCUT2D eigenvalue weighted by Gasteiger charge is -2.39. The van der Waals surface area contributed by atoms with Crippen molar-refractivity contribution in [2.75, 3.05) is 13.1 Å². The number of amides is 1. The van der Waals surface area contributed by atoms with Gasteiger partial charge in [-0.1, -0.05) is 11.6 Å². The zero-order valence-electron chi connectivity index (χ0n) is 12.3. The SMILES string of the molecule is O=C(c1ccc(Cl)cc1)N1CC(Oc2ncccc2C(F)(F)F)C1. The maximum atomic E-state index is 12.9. The third-order valence-corrected chi connectivity index (χ3v) is 3.83. The number of ether oxygens (including phenoxy) is 1. The number of rotatable bonds is 3. The summed E-state index contributed by atoms with van der Waals surface area (Å²) < 4.78 is 44.0. The Kier molecular flexibility index (Phi) is 4.36. The molecule has 24 heavy (non-hydrogen) atoms. The quantitative estimate of drug-likeness (QED) is 0.843. The van der Waals surface area contributed by atoms with Crippen LogP contribution < -0.4 is 4.74 Å². The maximum absolute atomic E-state index is 12.9. The summed E-state index contributed by atoms with van der Waals surface area (Å²) in [5.74, 6) is -0.683. The van der Waals surface area contributed by atoms with Crippen LogP contribution in [-0.2, 0) is 6.18 Å². The standard InChI is InChI=1S/C16H12ClF3N2O2/c17-11-5-3-10(4-6-11)15(23)22-8-12(9-22)24-14-13(16(18,19)20)2-1-7-21-14/h1-7,12H,8-9H2. The Morgan fingerprint density at radius 3 is 2.50 bits per heavy atom. The fraction of sp³-hybridized carbons (Fsp3) is 0.250. The molecule has 3 rings (SSSR count). The van der Waals surface area contributed by atoms with Crippen LogP contribution in [0.25, 0.3) is 0 Å². The van der Waals surface area contributed by atoms with Crippen molar-refractivity contribution in [3.05, 3.63) is 58.7 Å². The summed E-state index contributed by atoms with van der Waals surface area (Å²) in [7, 11) is 0. The number of benzene rings is 1. The van der Waals surface area contributed by atoms with Crippen molar-refractivity contribution in [3.8, 4) is 5.88 Å². The number of halogens is 4. The number of aromatic nitrogens is 1. The minimum Gasteiger partial charge on any atom is -0.470 e. The van der Waals surface area contributed by atoms with Crippen molar-refractivity contribution in [1.29, 1.82) is 0 Å². The first-order valence-electron chi connectivity index (χ1n) is 7.08. The van der Waals surface area contributed by atoms with Crippen molar-refractivity contribution < 1.29 is 22.7 Å². The third kappa shape index (κ3) is 3.46. The van der Waals surface area contributed by atoms with E-state index in [1.165, 1.54) is 17.2 Å². The lowest BCUT2D eigenvalue weighted by Crippen LogP contribution is -2.56. The van der Waals surface area contributed by atoms with Crippen LogP contribution in [0.5, 0.6) is 5.88 Å². The van der Waals surface area contributed by atoms with Crippen molar-refractivity contribution >= 4 is 17.5 Å². The molecule has 2 heterocycles. The fourth-order valence-electron chi connectivity index (χ4n) is 2.31. The zero-order chi connectivity index (χ0) is 17.3. The van der Waals surface area contributed by atoms with Gasteiger partial charge in [0, 0.05) is 16.8 Å². The van der Waals surface area contributed by atoms with Crippen LogP contribution in [0.2, 0.25) is 5.02 Å². The average molecular weight is 357 g/mol. The van der Waals surface area contributed by atoms with Crippen LogP contribution in [0.4, 0.5) is 13.2 Å². The number of likely N-dealkylation sites (tertiary alicyclic amines) is 1. The molecule has 0 atom stereocenters. The molecule has 8 heteroatoms. The van der Waals surface area contributed by atoms with Gasteiger partial charge in [0.2, 0.25) is 5.88 Å². The van der Waals surface area contributed by atoms with E-state index < -0.39 is 23.7 Å². The molecule has 2 aromatic rings. The second kappa shape index (κ2) is 6.32. The number of hydrogen-bond acceptors (Lipinski definition) is 3. The molecule has 1 aromatic carbocycles. The minimum atomic E-state index is -4.54. The topological polar surface area (TPSA) is 42.4 Å². The first-order chi connectivity index (χ1) is 11.3. The molecule has 0 aliphatic carbocycles. The highest BCUT2D eigenvalue weighted by Gasteiger charge is 2.38. The molecule has 0 N–H and O–H groups in total. The molecule has 4 nitrogen and oxygen atoms in total. The van der Waals surface area contributed by atoms with Crippen molar-refractivity contribution in [3.63, 3.8) is 0 Å². The molecule has 0 unspecified atom stereocenters. The van der Waals surface area contributed by atoms with E-state index in [1.54, 1.807) is 24.3 Å². The largest absolute Gasteiger partial charge is 0.470 e. The van der Waals surface area contributed by atoms with E-state index in [-0.39, 0.29) is 19.0 Å². The van der Waals surface area contributed by atoms with Crippen LogP contribution in [0.3, 0.4) is 0 Å². The number of alkyl halides is 3. The predicted octanol–water partition coefficient (Wildman–Crippen LogP) is 3.66. The van der Waals surface area contributed by atoms with Crippen LogP contribution >= 0.6 is 11.6 Å². The summed E-state index contributed by atoms with van der Waals surface area (Å²) in [5, 5.41) is 0.520. The molecule has 1 aromatic heterocycles. The van der Waals surface area contributed by atoms with Gasteiger partial charge in [-0.2, -0.15) is 13.2 Å². The summed E-state index contributed by atoms with van der Waals surface area (Å²) >= 11 is 5.77. The number of carbonyl (C=O) groups excluding carboxylic acids is 1. The van der Waals surface area contributed by atoms with Gasteiger partial charge in [-0.25, -0.2) is 4.98 Å². The Hall–Kier alpha value is -2.28. The Balaban J connectivity index is 1.62. The smallest absolute Gasteiger partial charge is 0.421 e. The summed E-state index contributed by atoms with van der Waals surface area (Å²) in [6.07, 6.45) is -3.82. The van der Waals surface area contributed by atoms with E-state index >= 15 is 0 Å². The van der Waals surface area contributed by atoms with E-state index in [1.807, 2.05) is 0 Å². The van der Waals surface area contributed by atoms with Crippen molar-refractivity contribution in [2.24, 2.45) is 0 Å². The zero-order valence-corrected chi connectivity index (χ0v) is 13.0. The summed E-state index contributed by atoms with van der Waals surface area (Å²) in [4.78, 5) is 17.3. The summed E-state index contributed by atoms with van der Waals surface area (Å²) in [5.41, 5.74) is -0.459. The second-order valence-electron chi connectivity index (χ2n) is 5.31. The number of pyridine rings is 1. The molecule has 1 aliphatic rings. The lowest BCUT2D eigenvalue weighted by atomic mass is 10.1. The van der Waals surface area contributed by atoms with Gasteiger partial charge in [0.05, 0.1) is 13.1 Å². The Labute approximate surface area is 140 Å². The molecular weight excluding hydrogens is 345 g/mol. The molecule has 0 radical (unpaired) electrons. The molecule has 0 saturated carbocycles. The minimum absolute atomic E-state index is 0.204. The molecule has 0 bridgehead atoms. The van der Waals surface area contributed by atoms with Crippen molar-refractivity contribution in [2.45, 2.75) is 12.3 Å². The number of nitrogens with zero attached hydrogens (tertiary/aromatic N) is 2. The number of carbonyl (C=O) groups is 1. The normalized spacial score (nSPS) is 15.1. The maximum Gasteiger partial charge on any atom is 0.421 e. The van der Waals surface area contributed by atoms with Gasteiger partial charge in [-0.05, 0) is 36.4 Å². The van der Waals surface area contributed by atoms with Crippen LogP contribution in [0.15, 0.2) is 42.6 Å². The molecule has 1 amide bonds. The van der Waals surface area contributed by atoms with Gasteiger partial charge in [0.15, 0.2) is 0 Å². The fourth-order valence-corrected chi connectivity index (χ4v) is 2.44. The molecule has 1 fully saturated rings. The Morgan fingerprint density at radius 2 is 1.88 bits per heavy atom. The number of hydrogen-bond donors (Lipinski definition) is 0. The van der Waals surface area contributed by atoms with E-state index in [4.69, 9.17) is 16.3 Å². The monoisotopic (exact) mass is 356 g/mol.